The molecule has 1 aliphatic heterocycles. The average Bonchev–Trinajstić information content (AvgIpc) is 2.78. The Morgan fingerprint density at radius 2 is 2.33 bits per heavy atom. The van der Waals surface area contributed by atoms with Gasteiger partial charge in [-0.05, 0) is 24.5 Å². The quantitative estimate of drug-likeness (QED) is 0.661. The summed E-state index contributed by atoms with van der Waals surface area (Å²) in [7, 11) is 0. The van der Waals surface area contributed by atoms with Crippen LogP contribution in [0.2, 0.25) is 0 Å². The van der Waals surface area contributed by atoms with Crippen LogP contribution in [-0.4, -0.2) is 23.0 Å². The molecule has 0 aliphatic carbocycles. The van der Waals surface area contributed by atoms with Gasteiger partial charge in [0.2, 0.25) is 5.91 Å². The van der Waals surface area contributed by atoms with Crippen LogP contribution in [0.1, 0.15) is 31.2 Å². The zero-order valence-electron chi connectivity index (χ0n) is 10.5. The lowest BCUT2D eigenvalue weighted by molar-refractivity contribution is -0.122. The number of benzene rings is 1. The summed E-state index contributed by atoms with van der Waals surface area (Å²) in [4.78, 5) is 13.9. The topological polar surface area (TPSA) is 29.1 Å². The maximum atomic E-state index is 12.1. The highest BCUT2D eigenvalue weighted by Crippen LogP contribution is 2.39. The van der Waals surface area contributed by atoms with Crippen LogP contribution < -0.4 is 5.32 Å². The van der Waals surface area contributed by atoms with E-state index in [1.54, 1.807) is 11.8 Å². The van der Waals surface area contributed by atoms with Crippen LogP contribution in [0.15, 0.2) is 29.2 Å². The molecule has 1 heterocycles. The number of rotatable bonds is 5. The minimum absolute atomic E-state index is 0.0348. The van der Waals surface area contributed by atoms with Crippen molar-refractivity contribution < 1.29 is 4.79 Å². The molecule has 0 aromatic heterocycles. The fourth-order valence-electron chi connectivity index (χ4n) is 2.10. The molecular formula is C14H18BrNOS. The molecule has 4 heteroatoms. The third-order valence-corrected chi connectivity index (χ3v) is 4.73. The van der Waals surface area contributed by atoms with Gasteiger partial charge in [-0.1, -0.05) is 41.1 Å². The van der Waals surface area contributed by atoms with Crippen LogP contribution >= 0.6 is 27.7 Å². The monoisotopic (exact) mass is 327 g/mol. The minimum Gasteiger partial charge on any atom is -0.356 e. The van der Waals surface area contributed by atoms with Crippen LogP contribution in [0.4, 0.5) is 0 Å². The largest absolute Gasteiger partial charge is 0.356 e. The molecule has 98 valence electrons. The predicted molar refractivity (Wildman–Crippen MR) is 80.5 cm³/mol. The Morgan fingerprint density at radius 3 is 3.11 bits per heavy atom. The number of carbonyl (C=O) groups is 1. The smallest absolute Gasteiger partial charge is 0.228 e. The summed E-state index contributed by atoms with van der Waals surface area (Å²) in [5.74, 6) is 1.09. The molecule has 0 saturated heterocycles. The Bertz CT molecular complexity index is 422. The Balaban J connectivity index is 1.84. The number of halogens is 1. The Kier molecular flexibility index (Phi) is 5.13. The van der Waals surface area contributed by atoms with Crippen molar-refractivity contribution in [2.45, 2.75) is 35.4 Å². The summed E-state index contributed by atoms with van der Waals surface area (Å²) in [5.41, 5.74) is 1.19. The van der Waals surface area contributed by atoms with E-state index in [-0.39, 0.29) is 11.8 Å². The second-order valence-corrected chi connectivity index (χ2v) is 7.24. The van der Waals surface area contributed by atoms with Gasteiger partial charge >= 0.3 is 0 Å². The lowest BCUT2D eigenvalue weighted by atomic mass is 10.0. The Morgan fingerprint density at radius 1 is 1.56 bits per heavy atom. The molecule has 0 fully saturated rings. The lowest BCUT2D eigenvalue weighted by Gasteiger charge is -2.11. The molecule has 0 saturated carbocycles. The molecule has 1 N–H and O–H groups in total. The summed E-state index contributed by atoms with van der Waals surface area (Å²) in [6, 6.07) is 8.21. The molecule has 1 aromatic rings. The number of amides is 1. The molecule has 2 rings (SSSR count). The molecule has 1 aliphatic rings. The summed E-state index contributed by atoms with van der Waals surface area (Å²) in [6.45, 7) is 2.91. The molecule has 2 atom stereocenters. The van der Waals surface area contributed by atoms with E-state index in [9.17, 15) is 4.79 Å². The summed E-state index contributed by atoms with van der Waals surface area (Å²) in [6.07, 6.45) is 2.12. The highest BCUT2D eigenvalue weighted by Gasteiger charge is 2.28. The number of hydrogen-bond donors (Lipinski definition) is 1. The van der Waals surface area contributed by atoms with Crippen molar-refractivity contribution in [2.24, 2.45) is 0 Å². The maximum absolute atomic E-state index is 12.1. The zero-order valence-corrected chi connectivity index (χ0v) is 12.9. The number of nitrogens with one attached hydrogen (secondary N) is 1. The van der Waals surface area contributed by atoms with Crippen molar-refractivity contribution in [2.75, 3.05) is 12.3 Å². The van der Waals surface area contributed by atoms with E-state index < -0.39 is 0 Å². The van der Waals surface area contributed by atoms with Gasteiger partial charge in [0, 0.05) is 22.0 Å². The van der Waals surface area contributed by atoms with Gasteiger partial charge in [0.25, 0.3) is 0 Å². The predicted octanol–water partition coefficient (Wildman–Crippen LogP) is 3.56. The second-order valence-electron chi connectivity index (χ2n) is 4.62. The van der Waals surface area contributed by atoms with Crippen molar-refractivity contribution in [3.05, 3.63) is 29.8 Å². The van der Waals surface area contributed by atoms with Gasteiger partial charge in [-0.3, -0.25) is 4.79 Å². The van der Waals surface area contributed by atoms with Crippen molar-refractivity contribution in [1.29, 1.82) is 0 Å². The molecule has 1 amide bonds. The SMILES string of the molecule is CC(Br)CCCNC(=O)C1CSc2ccccc21. The first-order valence-electron chi connectivity index (χ1n) is 6.32. The number of fused-ring (bicyclic) bond motifs is 1. The third-order valence-electron chi connectivity index (χ3n) is 3.09. The molecule has 2 nitrogen and oxygen atoms in total. The van der Waals surface area contributed by atoms with E-state index in [1.807, 2.05) is 12.1 Å². The molecule has 0 bridgehead atoms. The molecule has 0 radical (unpaired) electrons. The van der Waals surface area contributed by atoms with Gasteiger partial charge in [0.15, 0.2) is 0 Å². The standard InChI is InChI=1S/C14H18BrNOS/c1-10(15)5-4-8-16-14(17)12-9-18-13-7-3-2-6-11(12)13/h2-3,6-7,10,12H,4-5,8-9H2,1H3,(H,16,17). The molecule has 0 spiro atoms. The van der Waals surface area contributed by atoms with Gasteiger partial charge in [-0.2, -0.15) is 0 Å². The van der Waals surface area contributed by atoms with Gasteiger partial charge in [-0.15, -0.1) is 11.8 Å². The average molecular weight is 328 g/mol. The first kappa shape index (κ1) is 13.9. The fraction of sp³-hybridized carbons (Fsp3) is 0.500. The van der Waals surface area contributed by atoms with E-state index in [1.165, 1.54) is 10.5 Å². The van der Waals surface area contributed by atoms with Crippen molar-refractivity contribution in [3.8, 4) is 0 Å². The molecule has 18 heavy (non-hydrogen) atoms. The van der Waals surface area contributed by atoms with E-state index in [2.05, 4.69) is 40.3 Å². The molecule has 2 unspecified atom stereocenters. The minimum atomic E-state index is 0.0348. The first-order valence-corrected chi connectivity index (χ1v) is 8.22. The van der Waals surface area contributed by atoms with Crippen LogP contribution in [0.25, 0.3) is 0 Å². The summed E-state index contributed by atoms with van der Waals surface area (Å²) < 4.78 is 0. The van der Waals surface area contributed by atoms with E-state index in [0.29, 0.717) is 4.83 Å². The summed E-state index contributed by atoms with van der Waals surface area (Å²) >= 11 is 5.29. The number of carbonyl (C=O) groups excluding carboxylic acids is 1. The van der Waals surface area contributed by atoms with Crippen molar-refractivity contribution in [3.63, 3.8) is 0 Å². The maximum Gasteiger partial charge on any atom is 0.228 e. The van der Waals surface area contributed by atoms with Crippen molar-refractivity contribution >= 4 is 33.6 Å². The van der Waals surface area contributed by atoms with Crippen LogP contribution in [0.3, 0.4) is 0 Å². The normalized spacial score (nSPS) is 19.3. The Hall–Kier alpha value is -0.480. The lowest BCUT2D eigenvalue weighted by Crippen LogP contribution is -2.30. The number of hydrogen-bond acceptors (Lipinski definition) is 2. The summed E-state index contributed by atoms with van der Waals surface area (Å²) in [5, 5.41) is 3.05. The second kappa shape index (κ2) is 6.62. The third kappa shape index (κ3) is 3.51. The number of alkyl halides is 1. The van der Waals surface area contributed by atoms with Gasteiger partial charge in [-0.25, -0.2) is 0 Å². The van der Waals surface area contributed by atoms with Gasteiger partial charge in [0.1, 0.15) is 0 Å². The van der Waals surface area contributed by atoms with Crippen LogP contribution in [0, 0.1) is 0 Å². The van der Waals surface area contributed by atoms with Gasteiger partial charge in [0.05, 0.1) is 5.92 Å². The molecular weight excluding hydrogens is 310 g/mol. The number of thioether (sulfide) groups is 1. The first-order chi connectivity index (χ1) is 8.68. The van der Waals surface area contributed by atoms with E-state index in [4.69, 9.17) is 0 Å². The Labute approximate surface area is 121 Å². The van der Waals surface area contributed by atoms with Crippen LogP contribution in [0.5, 0.6) is 0 Å². The van der Waals surface area contributed by atoms with Gasteiger partial charge < -0.3 is 5.32 Å². The highest BCUT2D eigenvalue weighted by molar-refractivity contribution is 9.09. The van der Waals surface area contributed by atoms with E-state index in [0.717, 1.165) is 25.1 Å². The fourth-order valence-corrected chi connectivity index (χ4v) is 3.65. The molecule has 1 aromatic carbocycles. The van der Waals surface area contributed by atoms with Crippen LogP contribution in [-0.2, 0) is 4.79 Å². The zero-order chi connectivity index (χ0) is 13.0. The van der Waals surface area contributed by atoms with E-state index >= 15 is 0 Å². The van der Waals surface area contributed by atoms with Crippen molar-refractivity contribution in [1.82, 2.24) is 5.32 Å². The highest BCUT2D eigenvalue weighted by atomic mass is 79.9.